The number of imidazole rings is 1. The molecule has 1 saturated heterocycles. The van der Waals surface area contributed by atoms with Crippen molar-refractivity contribution in [2.45, 2.75) is 18.9 Å². The number of likely N-dealkylation sites (tertiary alicyclic amines) is 1. The van der Waals surface area contributed by atoms with E-state index in [1.165, 1.54) is 0 Å². The number of benzene rings is 2. The van der Waals surface area contributed by atoms with Gasteiger partial charge in [-0.1, -0.05) is 35.3 Å². The zero-order chi connectivity index (χ0) is 18.3. The van der Waals surface area contributed by atoms with Gasteiger partial charge in [0.25, 0.3) is 5.91 Å². The third-order valence-corrected chi connectivity index (χ3v) is 5.29. The maximum Gasteiger partial charge on any atom is 0.326 e. The molecule has 5 nitrogen and oxygen atoms in total. The molecule has 2 heterocycles. The number of nitrogens with one attached hydrogen (secondary N) is 1. The first-order valence-corrected chi connectivity index (χ1v) is 9.23. The highest BCUT2D eigenvalue weighted by molar-refractivity contribution is 6.35. The third-order valence-electron chi connectivity index (χ3n) is 4.85. The number of nitrogens with zero attached hydrogens (tertiary/aromatic N) is 2. The number of hydrogen-bond donors (Lipinski definition) is 1. The smallest absolute Gasteiger partial charge is 0.326 e. The van der Waals surface area contributed by atoms with Gasteiger partial charge in [-0.05, 0) is 43.2 Å². The monoisotopic (exact) mass is 389 g/mol. The van der Waals surface area contributed by atoms with E-state index in [4.69, 9.17) is 23.2 Å². The molecule has 1 aliphatic heterocycles. The van der Waals surface area contributed by atoms with Crippen molar-refractivity contribution < 1.29 is 4.79 Å². The van der Waals surface area contributed by atoms with Crippen LogP contribution >= 0.6 is 23.2 Å². The van der Waals surface area contributed by atoms with Crippen LogP contribution in [0.2, 0.25) is 10.0 Å². The van der Waals surface area contributed by atoms with Crippen molar-refractivity contribution in [3.05, 3.63) is 68.6 Å². The fraction of sp³-hybridized carbons (Fsp3) is 0.263. The van der Waals surface area contributed by atoms with E-state index in [-0.39, 0.29) is 17.6 Å². The lowest BCUT2D eigenvalue weighted by Gasteiger charge is -2.32. The minimum atomic E-state index is -0.0994. The van der Waals surface area contributed by atoms with E-state index in [1.807, 2.05) is 28.8 Å². The van der Waals surface area contributed by atoms with Gasteiger partial charge in [0, 0.05) is 34.7 Å². The maximum atomic E-state index is 12.7. The minimum absolute atomic E-state index is 0.0747. The molecule has 1 aliphatic rings. The van der Waals surface area contributed by atoms with E-state index in [1.54, 1.807) is 23.1 Å². The molecule has 1 aromatic heterocycles. The van der Waals surface area contributed by atoms with Gasteiger partial charge in [0.15, 0.2) is 0 Å². The van der Waals surface area contributed by atoms with E-state index in [9.17, 15) is 9.59 Å². The van der Waals surface area contributed by atoms with Crippen LogP contribution in [0.1, 0.15) is 29.2 Å². The van der Waals surface area contributed by atoms with Crippen molar-refractivity contribution in [1.29, 1.82) is 0 Å². The van der Waals surface area contributed by atoms with Gasteiger partial charge in [0.1, 0.15) is 0 Å². The number of halogens is 2. The van der Waals surface area contributed by atoms with Crippen molar-refractivity contribution in [3.63, 3.8) is 0 Å². The van der Waals surface area contributed by atoms with Crippen molar-refractivity contribution in [3.8, 4) is 0 Å². The number of rotatable bonds is 2. The molecule has 3 aromatic rings. The van der Waals surface area contributed by atoms with Crippen LogP contribution < -0.4 is 5.69 Å². The molecule has 1 fully saturated rings. The molecule has 7 heteroatoms. The molecule has 0 unspecified atom stereocenters. The molecule has 4 rings (SSSR count). The highest BCUT2D eigenvalue weighted by Gasteiger charge is 2.26. The molecule has 0 saturated carbocycles. The lowest BCUT2D eigenvalue weighted by molar-refractivity contribution is 0.0695. The fourth-order valence-corrected chi connectivity index (χ4v) is 4.15. The molecule has 0 bridgehead atoms. The van der Waals surface area contributed by atoms with Crippen LogP contribution in [-0.2, 0) is 0 Å². The van der Waals surface area contributed by atoms with Crippen molar-refractivity contribution in [1.82, 2.24) is 14.5 Å². The Morgan fingerprint density at radius 1 is 1.04 bits per heavy atom. The van der Waals surface area contributed by atoms with E-state index >= 15 is 0 Å². The number of hydrogen-bond acceptors (Lipinski definition) is 2. The molecule has 134 valence electrons. The predicted molar refractivity (Wildman–Crippen MR) is 103 cm³/mol. The second-order valence-electron chi connectivity index (χ2n) is 6.50. The SMILES string of the molecule is O=C(c1cc(Cl)cc(Cl)c1)N1CCC(n2c(=O)[nH]c3ccccc32)CC1. The van der Waals surface area contributed by atoms with Gasteiger partial charge in [-0.2, -0.15) is 0 Å². The molecule has 0 atom stereocenters. The van der Waals surface area contributed by atoms with Crippen LogP contribution in [0.25, 0.3) is 11.0 Å². The lowest BCUT2D eigenvalue weighted by atomic mass is 10.0. The molecule has 0 radical (unpaired) electrons. The number of para-hydroxylation sites is 2. The number of H-pyrrole nitrogens is 1. The molecule has 26 heavy (non-hydrogen) atoms. The van der Waals surface area contributed by atoms with Crippen LogP contribution in [0.4, 0.5) is 0 Å². The molecule has 1 amide bonds. The zero-order valence-corrected chi connectivity index (χ0v) is 15.4. The average Bonchev–Trinajstić information content (AvgIpc) is 2.96. The third kappa shape index (κ3) is 3.13. The van der Waals surface area contributed by atoms with E-state index in [2.05, 4.69) is 4.98 Å². The van der Waals surface area contributed by atoms with Gasteiger partial charge >= 0.3 is 5.69 Å². The Hall–Kier alpha value is -2.24. The summed E-state index contributed by atoms with van der Waals surface area (Å²) >= 11 is 12.0. The first kappa shape index (κ1) is 17.2. The van der Waals surface area contributed by atoms with Crippen molar-refractivity contribution in [2.75, 3.05) is 13.1 Å². The topological polar surface area (TPSA) is 58.1 Å². The quantitative estimate of drug-likeness (QED) is 0.716. The second kappa shape index (κ2) is 6.82. The van der Waals surface area contributed by atoms with Crippen LogP contribution in [0.5, 0.6) is 0 Å². The highest BCUT2D eigenvalue weighted by Crippen LogP contribution is 2.27. The molecule has 0 spiro atoms. The van der Waals surface area contributed by atoms with E-state index in [0.29, 0.717) is 28.7 Å². The summed E-state index contributed by atoms with van der Waals surface area (Å²) in [6.07, 6.45) is 1.45. The highest BCUT2D eigenvalue weighted by atomic mass is 35.5. The van der Waals surface area contributed by atoms with Crippen LogP contribution in [0.3, 0.4) is 0 Å². The number of aromatic nitrogens is 2. The summed E-state index contributed by atoms with van der Waals surface area (Å²) in [7, 11) is 0. The molecule has 2 aromatic carbocycles. The summed E-state index contributed by atoms with van der Waals surface area (Å²) in [6.45, 7) is 1.17. The van der Waals surface area contributed by atoms with Gasteiger partial charge in [0.2, 0.25) is 0 Å². The fourth-order valence-electron chi connectivity index (χ4n) is 3.62. The van der Waals surface area contributed by atoms with E-state index < -0.39 is 0 Å². The van der Waals surface area contributed by atoms with Gasteiger partial charge in [0.05, 0.1) is 11.0 Å². The average molecular weight is 390 g/mol. The summed E-state index contributed by atoms with van der Waals surface area (Å²) in [6, 6.07) is 12.6. The van der Waals surface area contributed by atoms with Gasteiger partial charge < -0.3 is 9.88 Å². The lowest BCUT2D eigenvalue weighted by Crippen LogP contribution is -2.40. The maximum absolute atomic E-state index is 12.7. The normalized spacial score (nSPS) is 15.5. The molecule has 0 aliphatic carbocycles. The predicted octanol–water partition coefficient (Wildman–Crippen LogP) is 4.11. The number of amides is 1. The van der Waals surface area contributed by atoms with Gasteiger partial charge in [-0.25, -0.2) is 4.79 Å². The van der Waals surface area contributed by atoms with Crippen LogP contribution in [0.15, 0.2) is 47.3 Å². The van der Waals surface area contributed by atoms with Crippen molar-refractivity contribution >= 4 is 40.1 Å². The summed E-state index contributed by atoms with van der Waals surface area (Å²) < 4.78 is 1.81. The first-order chi connectivity index (χ1) is 12.5. The Morgan fingerprint density at radius 3 is 2.38 bits per heavy atom. The van der Waals surface area contributed by atoms with E-state index in [0.717, 1.165) is 23.9 Å². The molecular formula is C19H17Cl2N3O2. The van der Waals surface area contributed by atoms with Gasteiger partial charge in [-0.15, -0.1) is 0 Å². The zero-order valence-electron chi connectivity index (χ0n) is 13.9. The standard InChI is InChI=1S/C19H17Cl2N3O2/c20-13-9-12(10-14(21)11-13)18(25)23-7-5-15(6-8-23)24-17-4-2-1-3-16(17)22-19(24)26/h1-4,9-11,15H,5-8H2,(H,22,26). The van der Waals surface area contributed by atoms with Crippen LogP contribution in [0, 0.1) is 0 Å². The summed E-state index contributed by atoms with van der Waals surface area (Å²) in [5.74, 6) is -0.0841. The Bertz CT molecular complexity index is 1010. The van der Waals surface area contributed by atoms with Crippen LogP contribution in [-0.4, -0.2) is 33.4 Å². The number of fused-ring (bicyclic) bond motifs is 1. The summed E-state index contributed by atoms with van der Waals surface area (Å²) in [5, 5.41) is 0.891. The Kier molecular flexibility index (Phi) is 4.51. The molecular weight excluding hydrogens is 373 g/mol. The summed E-state index contributed by atoms with van der Waals surface area (Å²) in [5.41, 5.74) is 2.14. The Morgan fingerprint density at radius 2 is 1.69 bits per heavy atom. The number of piperidine rings is 1. The number of carbonyl (C=O) groups is 1. The second-order valence-corrected chi connectivity index (χ2v) is 7.37. The Balaban J connectivity index is 1.53. The summed E-state index contributed by atoms with van der Waals surface area (Å²) in [4.78, 5) is 29.7. The number of aromatic amines is 1. The first-order valence-electron chi connectivity index (χ1n) is 8.47. The largest absolute Gasteiger partial charge is 0.338 e. The molecule has 1 N–H and O–H groups in total. The van der Waals surface area contributed by atoms with Gasteiger partial charge in [-0.3, -0.25) is 9.36 Å². The Labute approximate surface area is 160 Å². The van der Waals surface area contributed by atoms with Crippen molar-refractivity contribution in [2.24, 2.45) is 0 Å². The number of carbonyl (C=O) groups excluding carboxylic acids is 1. The minimum Gasteiger partial charge on any atom is -0.338 e.